The molecule has 0 aliphatic carbocycles. The van der Waals surface area contributed by atoms with Gasteiger partial charge in [-0.05, 0) is 57.6 Å². The first kappa shape index (κ1) is 16.4. The smallest absolute Gasteiger partial charge is 0.243 e. The summed E-state index contributed by atoms with van der Waals surface area (Å²) in [5, 5.41) is 0. The Morgan fingerprint density at radius 2 is 1.95 bits per heavy atom. The molecule has 0 amide bonds. The van der Waals surface area contributed by atoms with Gasteiger partial charge < -0.3 is 10.6 Å². The summed E-state index contributed by atoms with van der Waals surface area (Å²) in [7, 11) is 0.298. The summed E-state index contributed by atoms with van der Waals surface area (Å²) < 4.78 is 27.0. The van der Waals surface area contributed by atoms with Gasteiger partial charge >= 0.3 is 0 Å². The number of sulfonamides is 1. The van der Waals surface area contributed by atoms with Gasteiger partial charge in [-0.15, -0.1) is 0 Å². The zero-order chi connectivity index (χ0) is 15.6. The lowest BCUT2D eigenvalue weighted by Crippen LogP contribution is -2.44. The second kappa shape index (κ2) is 6.44. The highest BCUT2D eigenvalue weighted by Gasteiger charge is 2.30. The Labute approximate surface area is 127 Å². The van der Waals surface area contributed by atoms with Gasteiger partial charge in [0, 0.05) is 19.1 Å². The molecular formula is C15H25N3O2S. The van der Waals surface area contributed by atoms with Crippen molar-refractivity contribution in [2.75, 3.05) is 27.2 Å². The fourth-order valence-corrected chi connectivity index (χ4v) is 4.15. The maximum atomic E-state index is 12.8. The van der Waals surface area contributed by atoms with E-state index in [4.69, 9.17) is 5.73 Å². The van der Waals surface area contributed by atoms with E-state index in [1.165, 1.54) is 4.31 Å². The van der Waals surface area contributed by atoms with E-state index in [9.17, 15) is 8.42 Å². The van der Waals surface area contributed by atoms with E-state index < -0.39 is 10.0 Å². The average Bonchev–Trinajstić information content (AvgIpc) is 2.47. The molecule has 0 radical (unpaired) electrons. The van der Waals surface area contributed by atoms with Crippen molar-refractivity contribution in [3.05, 3.63) is 29.8 Å². The molecule has 1 aliphatic rings. The van der Waals surface area contributed by atoms with Crippen LogP contribution < -0.4 is 5.73 Å². The first-order valence-electron chi connectivity index (χ1n) is 7.34. The largest absolute Gasteiger partial charge is 0.324 e. The van der Waals surface area contributed by atoms with Gasteiger partial charge in [0.25, 0.3) is 0 Å². The monoisotopic (exact) mass is 311 g/mol. The number of hydrogen-bond acceptors (Lipinski definition) is 4. The molecule has 21 heavy (non-hydrogen) atoms. The minimum Gasteiger partial charge on any atom is -0.324 e. The Morgan fingerprint density at radius 1 is 1.33 bits per heavy atom. The van der Waals surface area contributed by atoms with Crippen LogP contribution in [0.5, 0.6) is 0 Å². The number of benzene rings is 1. The third-order valence-electron chi connectivity index (χ3n) is 4.26. The van der Waals surface area contributed by atoms with Crippen LogP contribution in [0.2, 0.25) is 0 Å². The molecule has 6 heteroatoms. The minimum absolute atomic E-state index is 0.0742. The van der Waals surface area contributed by atoms with Crippen molar-refractivity contribution in [3.8, 4) is 0 Å². The summed E-state index contributed by atoms with van der Waals surface area (Å²) in [6.07, 6.45) is 1.75. The lowest BCUT2D eigenvalue weighted by Gasteiger charge is -2.34. The number of nitrogens with zero attached hydrogens (tertiary/aromatic N) is 2. The van der Waals surface area contributed by atoms with Gasteiger partial charge in [0.2, 0.25) is 10.0 Å². The van der Waals surface area contributed by atoms with E-state index in [-0.39, 0.29) is 12.1 Å². The summed E-state index contributed by atoms with van der Waals surface area (Å²) in [5.41, 5.74) is 6.69. The number of nitrogens with two attached hydrogens (primary N) is 1. The van der Waals surface area contributed by atoms with Crippen LogP contribution in [0, 0.1) is 0 Å². The molecular weight excluding hydrogens is 286 g/mol. The molecule has 0 bridgehead atoms. The fraction of sp³-hybridized carbons (Fsp3) is 0.600. The maximum Gasteiger partial charge on any atom is 0.243 e. The Hall–Kier alpha value is -0.950. The maximum absolute atomic E-state index is 12.8. The van der Waals surface area contributed by atoms with Crippen molar-refractivity contribution in [2.45, 2.75) is 36.7 Å². The van der Waals surface area contributed by atoms with Gasteiger partial charge in [-0.2, -0.15) is 4.31 Å². The predicted octanol–water partition coefficient (Wildman–Crippen LogP) is 1.42. The Kier molecular flexibility index (Phi) is 5.03. The molecule has 1 fully saturated rings. The van der Waals surface area contributed by atoms with Crippen LogP contribution >= 0.6 is 0 Å². The standard InChI is InChI=1S/C15H25N3O2S/c1-12(16)13-5-4-6-15(11-13)21(19,20)18(3)14-7-9-17(2)10-8-14/h4-6,11-12,14H,7-10,16H2,1-3H3. The van der Waals surface area contributed by atoms with Gasteiger partial charge in [-0.1, -0.05) is 12.1 Å². The topological polar surface area (TPSA) is 66.6 Å². The molecule has 0 saturated carbocycles. The normalized spacial score (nSPS) is 19.9. The van der Waals surface area contributed by atoms with E-state index in [0.29, 0.717) is 4.90 Å². The van der Waals surface area contributed by atoms with Gasteiger partial charge in [0.05, 0.1) is 4.90 Å². The molecule has 118 valence electrons. The average molecular weight is 311 g/mol. The molecule has 5 nitrogen and oxygen atoms in total. The summed E-state index contributed by atoms with van der Waals surface area (Å²) >= 11 is 0. The van der Waals surface area contributed by atoms with E-state index in [2.05, 4.69) is 11.9 Å². The van der Waals surface area contributed by atoms with Crippen molar-refractivity contribution >= 4 is 10.0 Å². The van der Waals surface area contributed by atoms with Gasteiger partial charge in [0.1, 0.15) is 0 Å². The highest BCUT2D eigenvalue weighted by atomic mass is 32.2. The summed E-state index contributed by atoms with van der Waals surface area (Å²) in [6.45, 7) is 3.72. The van der Waals surface area contributed by atoms with E-state index in [1.54, 1.807) is 25.2 Å². The lowest BCUT2D eigenvalue weighted by molar-refractivity contribution is 0.197. The highest BCUT2D eigenvalue weighted by Crippen LogP contribution is 2.24. The van der Waals surface area contributed by atoms with E-state index >= 15 is 0 Å². The summed E-state index contributed by atoms with van der Waals surface area (Å²) in [5.74, 6) is 0. The molecule has 0 aromatic heterocycles. The van der Waals surface area contributed by atoms with Crippen LogP contribution in [0.15, 0.2) is 29.2 Å². The molecule has 1 aromatic rings. The lowest BCUT2D eigenvalue weighted by atomic mass is 10.1. The first-order valence-corrected chi connectivity index (χ1v) is 8.78. The SMILES string of the molecule is CC(N)c1cccc(S(=O)(=O)N(C)C2CCN(C)CC2)c1. The van der Waals surface area contributed by atoms with Crippen LogP contribution in [0.25, 0.3) is 0 Å². The minimum atomic E-state index is -3.45. The summed E-state index contributed by atoms with van der Waals surface area (Å²) in [4.78, 5) is 2.56. The van der Waals surface area contributed by atoms with Crippen molar-refractivity contribution in [1.29, 1.82) is 0 Å². The zero-order valence-corrected chi connectivity index (χ0v) is 13.8. The molecule has 1 saturated heterocycles. The third-order valence-corrected chi connectivity index (χ3v) is 6.17. The van der Waals surface area contributed by atoms with Crippen LogP contribution in [-0.4, -0.2) is 50.8 Å². The molecule has 1 heterocycles. The molecule has 1 aliphatic heterocycles. The van der Waals surface area contributed by atoms with Crippen LogP contribution in [-0.2, 0) is 10.0 Å². The molecule has 1 unspecified atom stereocenters. The fourth-order valence-electron chi connectivity index (χ4n) is 2.68. The second-order valence-electron chi connectivity index (χ2n) is 5.92. The molecule has 1 atom stereocenters. The van der Waals surface area contributed by atoms with Gasteiger partial charge in [-0.3, -0.25) is 0 Å². The quantitative estimate of drug-likeness (QED) is 0.913. The third kappa shape index (κ3) is 3.63. The van der Waals surface area contributed by atoms with Crippen LogP contribution in [0.3, 0.4) is 0 Å². The zero-order valence-electron chi connectivity index (χ0n) is 13.0. The first-order chi connectivity index (χ1) is 9.82. The molecule has 0 spiro atoms. The van der Waals surface area contributed by atoms with Crippen LogP contribution in [0.4, 0.5) is 0 Å². The van der Waals surface area contributed by atoms with Crippen molar-refractivity contribution in [2.24, 2.45) is 5.73 Å². The highest BCUT2D eigenvalue weighted by molar-refractivity contribution is 7.89. The van der Waals surface area contributed by atoms with Gasteiger partial charge in [0.15, 0.2) is 0 Å². The molecule has 1 aromatic carbocycles. The number of likely N-dealkylation sites (tertiary alicyclic amines) is 1. The number of rotatable bonds is 4. The van der Waals surface area contributed by atoms with E-state index in [0.717, 1.165) is 31.5 Å². The number of hydrogen-bond donors (Lipinski definition) is 1. The van der Waals surface area contributed by atoms with E-state index in [1.807, 2.05) is 13.0 Å². The number of piperidine rings is 1. The molecule has 2 rings (SSSR count). The molecule has 2 N–H and O–H groups in total. The summed E-state index contributed by atoms with van der Waals surface area (Å²) in [6, 6.07) is 6.85. The Balaban J connectivity index is 2.23. The van der Waals surface area contributed by atoms with Crippen LogP contribution in [0.1, 0.15) is 31.4 Å². The van der Waals surface area contributed by atoms with Crippen molar-refractivity contribution in [1.82, 2.24) is 9.21 Å². The van der Waals surface area contributed by atoms with Gasteiger partial charge in [-0.25, -0.2) is 8.42 Å². The predicted molar refractivity (Wildman–Crippen MR) is 84.5 cm³/mol. The van der Waals surface area contributed by atoms with Crippen molar-refractivity contribution in [3.63, 3.8) is 0 Å². The van der Waals surface area contributed by atoms with Crippen molar-refractivity contribution < 1.29 is 8.42 Å². The Morgan fingerprint density at radius 3 is 2.52 bits per heavy atom. The Bertz CT molecular complexity index is 578. The second-order valence-corrected chi connectivity index (χ2v) is 7.91.